The molecule has 1 amide bonds. The van der Waals surface area contributed by atoms with Crippen LogP contribution >= 0.6 is 23.1 Å². The predicted molar refractivity (Wildman–Crippen MR) is 117 cm³/mol. The molecule has 0 saturated carbocycles. The lowest BCUT2D eigenvalue weighted by atomic mass is 10.00. The summed E-state index contributed by atoms with van der Waals surface area (Å²) in [6.07, 6.45) is 1.64. The average Bonchev–Trinajstić information content (AvgIpc) is 3.42. The number of hydrogen-bond acceptors (Lipinski definition) is 7. The molecular weight excluding hydrogens is 404 g/mol. The number of rotatable bonds is 8. The molecule has 148 valence electrons. The monoisotopic (exact) mass is 424 g/mol. The summed E-state index contributed by atoms with van der Waals surface area (Å²) in [4.78, 5) is 12.4. The van der Waals surface area contributed by atoms with E-state index in [0.717, 1.165) is 21.0 Å². The smallest absolute Gasteiger partial charge is 0.230 e. The molecule has 2 heterocycles. The zero-order chi connectivity index (χ0) is 20.1. The molecule has 2 aromatic heterocycles. The second kappa shape index (κ2) is 9.11. The number of thioether (sulfide) groups is 1. The Morgan fingerprint density at radius 2 is 2.00 bits per heavy atom. The molecule has 0 unspecified atom stereocenters. The van der Waals surface area contributed by atoms with Crippen molar-refractivity contribution in [3.63, 3.8) is 0 Å². The van der Waals surface area contributed by atoms with E-state index in [9.17, 15) is 4.79 Å². The van der Waals surface area contributed by atoms with Gasteiger partial charge in [-0.05, 0) is 35.4 Å². The van der Waals surface area contributed by atoms with Crippen LogP contribution in [0.1, 0.15) is 24.3 Å². The molecule has 0 spiro atoms. The minimum absolute atomic E-state index is 0.0317. The van der Waals surface area contributed by atoms with E-state index in [-0.39, 0.29) is 11.9 Å². The fourth-order valence-electron chi connectivity index (χ4n) is 3.03. The number of nitrogens with zero attached hydrogens (tertiary/aromatic N) is 2. The number of hydrogen-bond donors (Lipinski definition) is 2. The minimum atomic E-state index is -0.0749. The topological polar surface area (TPSA) is 80.0 Å². The quantitative estimate of drug-likeness (QED) is 0.393. The Kier molecular flexibility index (Phi) is 6.12. The number of carbonyl (C=O) groups excluding carboxylic acids is 1. The molecular formula is C21H20N4O2S2. The Balaban J connectivity index is 1.29. The molecule has 0 fully saturated rings. The number of furan rings is 1. The van der Waals surface area contributed by atoms with Crippen molar-refractivity contribution < 1.29 is 9.21 Å². The van der Waals surface area contributed by atoms with Crippen molar-refractivity contribution in [3.8, 4) is 0 Å². The van der Waals surface area contributed by atoms with Crippen LogP contribution in [0.3, 0.4) is 0 Å². The molecule has 0 aliphatic rings. The van der Waals surface area contributed by atoms with Gasteiger partial charge in [0.1, 0.15) is 5.76 Å². The average molecular weight is 425 g/mol. The van der Waals surface area contributed by atoms with E-state index in [2.05, 4.69) is 45.1 Å². The van der Waals surface area contributed by atoms with Gasteiger partial charge in [0.2, 0.25) is 11.0 Å². The van der Waals surface area contributed by atoms with E-state index in [1.165, 1.54) is 28.5 Å². The van der Waals surface area contributed by atoms with E-state index in [1.807, 2.05) is 37.3 Å². The van der Waals surface area contributed by atoms with Crippen molar-refractivity contribution in [1.82, 2.24) is 15.5 Å². The first kappa shape index (κ1) is 19.5. The van der Waals surface area contributed by atoms with Gasteiger partial charge < -0.3 is 15.1 Å². The Hall–Kier alpha value is -2.84. The van der Waals surface area contributed by atoms with Gasteiger partial charge in [-0.1, -0.05) is 65.6 Å². The number of amides is 1. The molecule has 0 saturated heterocycles. The predicted octanol–water partition coefficient (Wildman–Crippen LogP) is 4.87. The van der Waals surface area contributed by atoms with Gasteiger partial charge in [0, 0.05) is 0 Å². The largest absolute Gasteiger partial charge is 0.467 e. The van der Waals surface area contributed by atoms with Crippen LogP contribution in [0.5, 0.6) is 0 Å². The maximum absolute atomic E-state index is 12.4. The minimum Gasteiger partial charge on any atom is -0.467 e. The Labute approximate surface area is 176 Å². The summed E-state index contributed by atoms with van der Waals surface area (Å²) in [6, 6.07) is 18.0. The van der Waals surface area contributed by atoms with Gasteiger partial charge in [-0.25, -0.2) is 0 Å². The summed E-state index contributed by atoms with van der Waals surface area (Å²) >= 11 is 2.80. The van der Waals surface area contributed by atoms with E-state index in [4.69, 9.17) is 4.42 Å². The first-order valence-electron chi connectivity index (χ1n) is 9.18. The third-order valence-electron chi connectivity index (χ3n) is 4.39. The second-order valence-corrected chi connectivity index (χ2v) is 8.65. The zero-order valence-corrected chi connectivity index (χ0v) is 17.4. The number of aromatic nitrogens is 2. The second-order valence-electron chi connectivity index (χ2n) is 6.45. The fourth-order valence-corrected chi connectivity index (χ4v) is 4.59. The molecule has 2 N–H and O–H groups in total. The van der Waals surface area contributed by atoms with Crippen molar-refractivity contribution in [2.45, 2.75) is 23.8 Å². The Morgan fingerprint density at radius 3 is 2.86 bits per heavy atom. The van der Waals surface area contributed by atoms with Gasteiger partial charge in [0.15, 0.2) is 4.34 Å². The number of nitrogens with one attached hydrogen (secondary N) is 2. The molecule has 29 heavy (non-hydrogen) atoms. The van der Waals surface area contributed by atoms with E-state index in [1.54, 1.807) is 6.26 Å². The molecule has 0 bridgehead atoms. The highest BCUT2D eigenvalue weighted by Gasteiger charge is 2.14. The fraction of sp³-hybridized carbons (Fsp3) is 0.190. The molecule has 4 rings (SSSR count). The Morgan fingerprint density at radius 1 is 1.14 bits per heavy atom. The highest BCUT2D eigenvalue weighted by molar-refractivity contribution is 8.01. The summed E-state index contributed by atoms with van der Waals surface area (Å²) < 4.78 is 6.03. The number of anilines is 1. The van der Waals surface area contributed by atoms with Gasteiger partial charge in [0.25, 0.3) is 0 Å². The summed E-state index contributed by atoms with van der Waals surface area (Å²) in [6.45, 7) is 2.56. The van der Waals surface area contributed by atoms with Crippen LogP contribution < -0.4 is 10.6 Å². The molecule has 1 atom stereocenters. The van der Waals surface area contributed by atoms with Gasteiger partial charge in [-0.15, -0.1) is 10.2 Å². The van der Waals surface area contributed by atoms with Crippen molar-refractivity contribution in [1.29, 1.82) is 0 Å². The van der Waals surface area contributed by atoms with Gasteiger partial charge in [-0.3, -0.25) is 4.79 Å². The van der Waals surface area contributed by atoms with Crippen LogP contribution in [0.2, 0.25) is 0 Å². The lowest BCUT2D eigenvalue weighted by molar-refractivity contribution is -0.119. The molecule has 0 aliphatic carbocycles. The third kappa shape index (κ3) is 4.96. The van der Waals surface area contributed by atoms with Gasteiger partial charge in [-0.2, -0.15) is 0 Å². The van der Waals surface area contributed by atoms with Crippen LogP contribution in [-0.2, 0) is 11.3 Å². The highest BCUT2D eigenvalue weighted by atomic mass is 32.2. The number of fused-ring (bicyclic) bond motifs is 1. The maximum atomic E-state index is 12.4. The highest BCUT2D eigenvalue weighted by Crippen LogP contribution is 2.27. The van der Waals surface area contributed by atoms with Crippen LogP contribution in [0.25, 0.3) is 10.8 Å². The summed E-state index contributed by atoms with van der Waals surface area (Å²) in [5, 5.41) is 17.5. The van der Waals surface area contributed by atoms with Gasteiger partial charge >= 0.3 is 0 Å². The lowest BCUT2D eigenvalue weighted by Crippen LogP contribution is -2.28. The zero-order valence-electron chi connectivity index (χ0n) is 15.8. The van der Waals surface area contributed by atoms with Gasteiger partial charge in [0.05, 0.1) is 24.6 Å². The normalized spacial score (nSPS) is 12.0. The lowest BCUT2D eigenvalue weighted by Gasteiger charge is -2.16. The number of benzene rings is 2. The first-order valence-corrected chi connectivity index (χ1v) is 11.0. The molecule has 0 aliphatic heterocycles. The third-order valence-corrected chi connectivity index (χ3v) is 6.41. The van der Waals surface area contributed by atoms with Crippen LogP contribution in [0.4, 0.5) is 5.13 Å². The van der Waals surface area contributed by atoms with Crippen molar-refractivity contribution in [2.24, 2.45) is 0 Å². The van der Waals surface area contributed by atoms with Crippen molar-refractivity contribution in [2.75, 3.05) is 11.1 Å². The van der Waals surface area contributed by atoms with Crippen LogP contribution in [-0.4, -0.2) is 21.9 Å². The SMILES string of the molecule is C[C@@H](NC(=O)CSc1nnc(NCc2ccco2)s1)c1cccc2ccccc12. The Bertz CT molecular complexity index is 1090. The van der Waals surface area contributed by atoms with E-state index >= 15 is 0 Å². The molecule has 6 nitrogen and oxygen atoms in total. The standard InChI is InChI=1S/C21H20N4O2S2/c1-14(17-10-4-7-15-6-2-3-9-18(15)17)23-19(26)13-28-21-25-24-20(29-21)22-12-16-8-5-11-27-16/h2-11,14H,12-13H2,1H3,(H,22,24)(H,23,26)/t14-/m1/s1. The molecule has 4 aromatic rings. The number of carbonyl (C=O) groups is 1. The summed E-state index contributed by atoms with van der Waals surface area (Å²) in [7, 11) is 0. The van der Waals surface area contributed by atoms with Crippen molar-refractivity contribution in [3.05, 3.63) is 72.2 Å². The molecule has 8 heteroatoms. The van der Waals surface area contributed by atoms with E-state index < -0.39 is 0 Å². The van der Waals surface area contributed by atoms with Crippen LogP contribution in [0, 0.1) is 0 Å². The maximum Gasteiger partial charge on any atom is 0.230 e. The van der Waals surface area contributed by atoms with Crippen molar-refractivity contribution >= 4 is 44.9 Å². The van der Waals surface area contributed by atoms with E-state index in [0.29, 0.717) is 17.4 Å². The summed E-state index contributed by atoms with van der Waals surface area (Å²) in [5.41, 5.74) is 1.11. The first-order chi connectivity index (χ1) is 14.2. The molecule has 0 radical (unpaired) electrons. The molecule has 2 aromatic carbocycles. The van der Waals surface area contributed by atoms with Crippen LogP contribution in [0.15, 0.2) is 69.6 Å². The summed E-state index contributed by atoms with van der Waals surface area (Å²) in [5.74, 6) is 1.09.